The molecule has 3 aromatic rings. The zero-order valence-corrected chi connectivity index (χ0v) is 23.2. The summed E-state index contributed by atoms with van der Waals surface area (Å²) in [5.74, 6) is 0.783. The van der Waals surface area contributed by atoms with Crippen molar-refractivity contribution in [2.45, 2.75) is 4.90 Å². The van der Waals surface area contributed by atoms with Crippen LogP contribution in [0.4, 0.5) is 10.1 Å². The lowest BCUT2D eigenvalue weighted by molar-refractivity contribution is 0.0949. The lowest BCUT2D eigenvalue weighted by atomic mass is 10.1. The van der Waals surface area contributed by atoms with E-state index in [0.717, 1.165) is 0 Å². The highest BCUT2D eigenvalue weighted by Gasteiger charge is 2.57. The Kier molecular flexibility index (Phi) is 7.43. The van der Waals surface area contributed by atoms with Crippen molar-refractivity contribution in [3.63, 3.8) is 0 Å². The maximum Gasteiger partial charge on any atom is 0.251 e. The van der Waals surface area contributed by atoms with Crippen LogP contribution in [0, 0.1) is 23.6 Å². The van der Waals surface area contributed by atoms with Crippen LogP contribution in [0.15, 0.2) is 71.6 Å². The van der Waals surface area contributed by atoms with Gasteiger partial charge in [-0.2, -0.15) is 4.31 Å². The van der Waals surface area contributed by atoms with Gasteiger partial charge in [-0.05, 0) is 72.4 Å². The summed E-state index contributed by atoms with van der Waals surface area (Å²) in [6.45, 7) is 3.56. The Bertz CT molecular complexity index is 1500. The average molecular weight is 586 g/mol. The second-order valence-corrected chi connectivity index (χ2v) is 12.7. The number of sulfonamides is 1. The lowest BCUT2D eigenvalue weighted by Crippen LogP contribution is -2.37. The van der Waals surface area contributed by atoms with Crippen molar-refractivity contribution in [1.82, 2.24) is 9.62 Å². The first kappa shape index (κ1) is 27.0. The third kappa shape index (κ3) is 5.54. The van der Waals surface area contributed by atoms with Gasteiger partial charge in [0.1, 0.15) is 17.3 Å². The predicted molar refractivity (Wildman–Crippen MR) is 149 cm³/mol. The topological polar surface area (TPSA) is 88.2 Å². The summed E-state index contributed by atoms with van der Waals surface area (Å²) in [5, 5.41) is 3.49. The number of ether oxygens (including phenoxy) is 2. The van der Waals surface area contributed by atoms with Gasteiger partial charge >= 0.3 is 0 Å². The first-order chi connectivity index (χ1) is 19.3. The molecule has 11 heteroatoms. The fraction of sp³-hybridized carbons (Fsp3) is 0.345. The van der Waals surface area contributed by atoms with E-state index in [4.69, 9.17) is 21.1 Å². The second-order valence-electron chi connectivity index (χ2n) is 10.3. The van der Waals surface area contributed by atoms with Crippen LogP contribution in [0.25, 0.3) is 0 Å². The first-order valence-electron chi connectivity index (χ1n) is 13.2. The molecule has 3 aliphatic rings. The number of hydrogen-bond acceptors (Lipinski definition) is 6. The zero-order chi connectivity index (χ0) is 27.9. The molecule has 1 saturated carbocycles. The van der Waals surface area contributed by atoms with Gasteiger partial charge in [-0.1, -0.05) is 17.7 Å². The highest BCUT2D eigenvalue weighted by molar-refractivity contribution is 7.89. The Hall–Kier alpha value is -3.18. The van der Waals surface area contributed by atoms with E-state index in [9.17, 15) is 17.6 Å². The van der Waals surface area contributed by atoms with Crippen LogP contribution in [-0.4, -0.2) is 64.6 Å². The summed E-state index contributed by atoms with van der Waals surface area (Å²) in [6.07, 6.45) is 0. The van der Waals surface area contributed by atoms with Crippen LogP contribution in [-0.2, 0) is 14.8 Å². The number of halogens is 2. The van der Waals surface area contributed by atoms with Crippen molar-refractivity contribution >= 4 is 33.2 Å². The van der Waals surface area contributed by atoms with Crippen LogP contribution >= 0.6 is 11.6 Å². The molecular weight excluding hydrogens is 557 g/mol. The van der Waals surface area contributed by atoms with Gasteiger partial charge in [0.15, 0.2) is 0 Å². The number of hydrogen-bond donors (Lipinski definition) is 1. The van der Waals surface area contributed by atoms with E-state index < -0.39 is 15.8 Å². The van der Waals surface area contributed by atoms with Crippen molar-refractivity contribution in [2.75, 3.05) is 50.8 Å². The standard InChI is InChI=1S/C29H29ClFN3O5S/c30-20-5-7-21(8-6-20)39-22-2-1-3-23(15-22)40(36,37)34-17-25-24(26(25)18-34)16-32-29(35)19-4-9-28(27(31)14-19)33-10-12-38-13-11-33/h1-9,14-15,24-26H,10-13,16-18H2,(H,32,35). The van der Waals surface area contributed by atoms with Crippen molar-refractivity contribution in [3.8, 4) is 11.5 Å². The molecule has 2 aliphatic heterocycles. The molecule has 6 rings (SSSR count). The molecule has 0 spiro atoms. The highest BCUT2D eigenvalue weighted by atomic mass is 35.5. The molecule has 8 nitrogen and oxygen atoms in total. The number of amides is 1. The summed E-state index contributed by atoms with van der Waals surface area (Å²) in [7, 11) is -3.69. The molecule has 40 heavy (non-hydrogen) atoms. The summed E-state index contributed by atoms with van der Waals surface area (Å²) >= 11 is 5.92. The van der Waals surface area contributed by atoms with Crippen LogP contribution in [0.5, 0.6) is 11.5 Å². The molecule has 210 valence electrons. The third-order valence-corrected chi connectivity index (χ3v) is 9.97. The number of rotatable bonds is 8. The minimum absolute atomic E-state index is 0.174. The predicted octanol–water partition coefficient (Wildman–Crippen LogP) is 4.40. The summed E-state index contributed by atoms with van der Waals surface area (Å²) in [4.78, 5) is 14.8. The van der Waals surface area contributed by atoms with E-state index >= 15 is 0 Å². The Morgan fingerprint density at radius 3 is 2.42 bits per heavy atom. The van der Waals surface area contributed by atoms with Crippen LogP contribution < -0.4 is 15.0 Å². The van der Waals surface area contributed by atoms with Crippen molar-refractivity contribution in [1.29, 1.82) is 0 Å². The third-order valence-electron chi connectivity index (χ3n) is 7.89. The van der Waals surface area contributed by atoms with Gasteiger partial charge in [0, 0.05) is 49.4 Å². The van der Waals surface area contributed by atoms with Gasteiger partial charge in [-0.25, -0.2) is 12.8 Å². The molecule has 2 atom stereocenters. The van der Waals surface area contributed by atoms with Crippen LogP contribution in [0.1, 0.15) is 10.4 Å². The number of benzene rings is 3. The molecule has 3 fully saturated rings. The number of piperidine rings is 1. The first-order valence-corrected chi connectivity index (χ1v) is 15.1. The number of anilines is 1. The molecule has 2 unspecified atom stereocenters. The summed E-state index contributed by atoms with van der Waals surface area (Å²) < 4.78 is 54.0. The summed E-state index contributed by atoms with van der Waals surface area (Å²) in [5.41, 5.74) is 0.741. The van der Waals surface area contributed by atoms with Crippen molar-refractivity contribution < 1.29 is 27.1 Å². The normalized spacial score (nSPS) is 22.6. The molecular formula is C29H29ClFN3O5S. The maximum absolute atomic E-state index is 14.7. The molecule has 1 aliphatic carbocycles. The van der Waals surface area contributed by atoms with E-state index in [1.165, 1.54) is 16.4 Å². The quantitative estimate of drug-likeness (QED) is 0.422. The van der Waals surface area contributed by atoms with E-state index in [0.29, 0.717) is 68.1 Å². The Morgan fingerprint density at radius 1 is 1.00 bits per heavy atom. The largest absolute Gasteiger partial charge is 0.457 e. The van der Waals surface area contributed by atoms with Gasteiger partial charge < -0.3 is 19.7 Å². The Morgan fingerprint density at radius 2 is 1.73 bits per heavy atom. The van der Waals surface area contributed by atoms with Crippen LogP contribution in [0.3, 0.4) is 0 Å². The van der Waals surface area contributed by atoms with Crippen molar-refractivity contribution in [3.05, 3.63) is 83.1 Å². The molecule has 0 aromatic heterocycles. The van der Waals surface area contributed by atoms with E-state index in [1.54, 1.807) is 54.6 Å². The monoisotopic (exact) mass is 585 g/mol. The number of carbonyl (C=O) groups is 1. The van der Waals surface area contributed by atoms with E-state index in [2.05, 4.69) is 5.32 Å². The highest BCUT2D eigenvalue weighted by Crippen LogP contribution is 2.52. The van der Waals surface area contributed by atoms with Gasteiger partial charge in [0.05, 0.1) is 23.8 Å². The lowest BCUT2D eigenvalue weighted by Gasteiger charge is -2.29. The molecule has 2 heterocycles. The van der Waals surface area contributed by atoms with E-state index in [-0.39, 0.29) is 34.1 Å². The number of morpholine rings is 1. The van der Waals surface area contributed by atoms with Gasteiger partial charge in [0.25, 0.3) is 5.91 Å². The molecule has 0 radical (unpaired) electrons. The van der Waals surface area contributed by atoms with Gasteiger partial charge in [-0.15, -0.1) is 0 Å². The Labute approximate surface area is 237 Å². The summed E-state index contributed by atoms with van der Waals surface area (Å²) in [6, 6.07) is 17.8. The minimum atomic E-state index is -3.69. The smallest absolute Gasteiger partial charge is 0.251 e. The molecule has 1 N–H and O–H groups in total. The maximum atomic E-state index is 14.7. The number of nitrogens with one attached hydrogen (secondary N) is 1. The zero-order valence-electron chi connectivity index (χ0n) is 21.6. The average Bonchev–Trinajstić information content (AvgIpc) is 3.40. The van der Waals surface area contributed by atoms with Gasteiger partial charge in [-0.3, -0.25) is 4.79 Å². The minimum Gasteiger partial charge on any atom is -0.457 e. The van der Waals surface area contributed by atoms with Crippen LogP contribution in [0.2, 0.25) is 5.02 Å². The fourth-order valence-corrected chi connectivity index (χ4v) is 7.29. The van der Waals surface area contributed by atoms with Gasteiger partial charge in [0.2, 0.25) is 10.0 Å². The molecule has 2 saturated heterocycles. The number of carbonyl (C=O) groups excluding carboxylic acids is 1. The molecule has 0 bridgehead atoms. The fourth-order valence-electron chi connectivity index (χ4n) is 5.62. The SMILES string of the molecule is O=C(NCC1C2CN(S(=O)(=O)c3cccc(Oc4ccc(Cl)cc4)c3)CC12)c1ccc(N2CCOCC2)c(F)c1. The second kappa shape index (κ2) is 11.0. The number of nitrogens with zero attached hydrogens (tertiary/aromatic N) is 2. The molecule has 3 aromatic carbocycles. The van der Waals surface area contributed by atoms with Crippen molar-refractivity contribution in [2.24, 2.45) is 17.8 Å². The Balaban J connectivity index is 1.02. The molecule has 1 amide bonds. The number of fused-ring (bicyclic) bond motifs is 1. The van der Waals surface area contributed by atoms with E-state index in [1.807, 2.05) is 4.90 Å².